The van der Waals surface area contributed by atoms with Crippen molar-refractivity contribution in [3.8, 4) is 0 Å². The lowest BCUT2D eigenvalue weighted by Gasteiger charge is -2.38. The Balaban J connectivity index is 1.57. The van der Waals surface area contributed by atoms with Crippen LogP contribution < -0.4 is 5.32 Å². The molecule has 2 aliphatic rings. The molecule has 3 rings (SSSR count). The van der Waals surface area contributed by atoms with Gasteiger partial charge in [-0.05, 0) is 18.6 Å². The molecule has 1 unspecified atom stereocenters. The lowest BCUT2D eigenvalue weighted by Crippen LogP contribution is -2.56. The first-order valence-electron chi connectivity index (χ1n) is 8.76. The van der Waals surface area contributed by atoms with E-state index in [2.05, 4.69) is 5.32 Å². The molecule has 0 aliphatic carbocycles. The second-order valence-corrected chi connectivity index (χ2v) is 6.56. The summed E-state index contributed by atoms with van der Waals surface area (Å²) in [6, 6.07) is 8.81. The number of benzene rings is 1. The molecule has 2 aliphatic heterocycles. The fourth-order valence-corrected chi connectivity index (χ4v) is 3.31. The summed E-state index contributed by atoms with van der Waals surface area (Å²) in [6.45, 7) is 3.18. The highest BCUT2D eigenvalue weighted by Gasteiger charge is 2.34. The first kappa shape index (κ1) is 17.7. The number of carbonyl (C=O) groups is 2. The molecule has 2 atom stereocenters. The Kier molecular flexibility index (Phi) is 5.88. The molecule has 2 saturated heterocycles. The van der Waals surface area contributed by atoms with E-state index in [9.17, 15) is 14.7 Å². The van der Waals surface area contributed by atoms with Gasteiger partial charge in [0.25, 0.3) is 5.91 Å². The van der Waals surface area contributed by atoms with E-state index in [1.807, 2.05) is 18.2 Å². The Morgan fingerprint density at radius 2 is 2.04 bits per heavy atom. The average Bonchev–Trinajstić information content (AvgIpc) is 3.16. The summed E-state index contributed by atoms with van der Waals surface area (Å²) in [6.07, 6.45) is 0.835. The van der Waals surface area contributed by atoms with E-state index in [1.165, 1.54) is 0 Å². The monoisotopic (exact) mass is 347 g/mol. The standard InChI is InChI=1S/C18H25N3O4/c22-12-14-6-7-20(11-14)18(24)21-8-9-25-13-16(21)10-19-17(23)15-4-2-1-3-5-15/h1-5,14,16,22H,6-13H2,(H,19,23)/t14?,16-/m0/s1. The van der Waals surface area contributed by atoms with Gasteiger partial charge in [0.1, 0.15) is 0 Å². The van der Waals surface area contributed by atoms with E-state index in [4.69, 9.17) is 4.74 Å². The molecule has 0 bridgehead atoms. The highest BCUT2D eigenvalue weighted by molar-refractivity contribution is 5.94. The number of urea groups is 1. The van der Waals surface area contributed by atoms with Crippen LogP contribution in [0, 0.1) is 5.92 Å². The Morgan fingerprint density at radius 3 is 2.76 bits per heavy atom. The van der Waals surface area contributed by atoms with Crippen molar-refractivity contribution in [2.45, 2.75) is 12.5 Å². The molecule has 1 aromatic carbocycles. The van der Waals surface area contributed by atoms with Gasteiger partial charge in [0.15, 0.2) is 0 Å². The number of amides is 3. The van der Waals surface area contributed by atoms with Crippen molar-refractivity contribution in [1.82, 2.24) is 15.1 Å². The smallest absolute Gasteiger partial charge is 0.320 e. The maximum Gasteiger partial charge on any atom is 0.320 e. The second-order valence-electron chi connectivity index (χ2n) is 6.56. The zero-order valence-electron chi connectivity index (χ0n) is 14.3. The van der Waals surface area contributed by atoms with Crippen molar-refractivity contribution < 1.29 is 19.4 Å². The summed E-state index contributed by atoms with van der Waals surface area (Å²) < 4.78 is 5.50. The van der Waals surface area contributed by atoms with Crippen LogP contribution in [0.3, 0.4) is 0 Å². The number of likely N-dealkylation sites (tertiary alicyclic amines) is 1. The van der Waals surface area contributed by atoms with Gasteiger partial charge in [-0.3, -0.25) is 4.79 Å². The number of ether oxygens (including phenoxy) is 1. The van der Waals surface area contributed by atoms with Gasteiger partial charge in [-0.1, -0.05) is 18.2 Å². The molecule has 3 amide bonds. The number of aliphatic hydroxyl groups is 1. The van der Waals surface area contributed by atoms with Crippen LogP contribution >= 0.6 is 0 Å². The molecule has 1 aromatic rings. The first-order valence-corrected chi connectivity index (χ1v) is 8.76. The van der Waals surface area contributed by atoms with Gasteiger partial charge < -0.3 is 25.0 Å². The molecule has 136 valence electrons. The molecular weight excluding hydrogens is 322 g/mol. The zero-order valence-corrected chi connectivity index (χ0v) is 14.3. The third kappa shape index (κ3) is 4.29. The van der Waals surface area contributed by atoms with E-state index in [0.717, 1.165) is 6.42 Å². The van der Waals surface area contributed by atoms with E-state index >= 15 is 0 Å². The number of nitrogens with one attached hydrogen (secondary N) is 1. The van der Waals surface area contributed by atoms with Gasteiger partial charge in [0.05, 0.1) is 19.3 Å². The molecule has 2 heterocycles. The molecule has 0 saturated carbocycles. The van der Waals surface area contributed by atoms with E-state index in [1.54, 1.807) is 21.9 Å². The third-order valence-electron chi connectivity index (χ3n) is 4.82. The van der Waals surface area contributed by atoms with Crippen LogP contribution in [-0.2, 0) is 4.74 Å². The Labute approximate surface area is 147 Å². The number of hydrogen-bond donors (Lipinski definition) is 2. The maximum absolute atomic E-state index is 12.8. The van der Waals surface area contributed by atoms with E-state index in [0.29, 0.717) is 45.0 Å². The predicted molar refractivity (Wildman–Crippen MR) is 92.3 cm³/mol. The van der Waals surface area contributed by atoms with Crippen LogP contribution in [0.4, 0.5) is 4.79 Å². The van der Waals surface area contributed by atoms with Crippen LogP contribution in [0.15, 0.2) is 30.3 Å². The van der Waals surface area contributed by atoms with Crippen molar-refractivity contribution in [2.24, 2.45) is 5.92 Å². The number of carbonyl (C=O) groups excluding carboxylic acids is 2. The number of aliphatic hydroxyl groups excluding tert-OH is 1. The summed E-state index contributed by atoms with van der Waals surface area (Å²) in [5.74, 6) is 0.0151. The minimum absolute atomic E-state index is 0.0294. The van der Waals surface area contributed by atoms with Gasteiger partial charge in [-0.2, -0.15) is 0 Å². The second kappa shape index (κ2) is 8.31. The lowest BCUT2D eigenvalue weighted by atomic mass is 10.1. The molecule has 7 nitrogen and oxygen atoms in total. The highest BCUT2D eigenvalue weighted by atomic mass is 16.5. The molecule has 25 heavy (non-hydrogen) atoms. The summed E-state index contributed by atoms with van der Waals surface area (Å²) in [4.78, 5) is 28.6. The van der Waals surface area contributed by atoms with Gasteiger partial charge in [0.2, 0.25) is 0 Å². The molecule has 0 aromatic heterocycles. The van der Waals surface area contributed by atoms with Crippen LogP contribution in [0.5, 0.6) is 0 Å². The van der Waals surface area contributed by atoms with E-state index < -0.39 is 0 Å². The average molecular weight is 347 g/mol. The fraction of sp³-hybridized carbons (Fsp3) is 0.556. The minimum Gasteiger partial charge on any atom is -0.396 e. The number of morpholine rings is 1. The van der Waals surface area contributed by atoms with Crippen molar-refractivity contribution in [2.75, 3.05) is 46.0 Å². The third-order valence-corrected chi connectivity index (χ3v) is 4.82. The number of hydrogen-bond acceptors (Lipinski definition) is 4. The quantitative estimate of drug-likeness (QED) is 0.833. The molecule has 2 N–H and O–H groups in total. The Bertz CT molecular complexity index is 595. The summed E-state index contributed by atoms with van der Waals surface area (Å²) in [5.41, 5.74) is 0.599. The number of nitrogens with zero attached hydrogens (tertiary/aromatic N) is 2. The predicted octanol–water partition coefficient (Wildman–Crippen LogP) is 0.551. The lowest BCUT2D eigenvalue weighted by molar-refractivity contribution is 0.00563. The largest absolute Gasteiger partial charge is 0.396 e. The van der Waals surface area contributed by atoms with Gasteiger partial charge >= 0.3 is 6.03 Å². The molecular formula is C18H25N3O4. The van der Waals surface area contributed by atoms with Gasteiger partial charge in [-0.15, -0.1) is 0 Å². The molecule has 0 spiro atoms. The maximum atomic E-state index is 12.8. The van der Waals surface area contributed by atoms with Crippen molar-refractivity contribution in [1.29, 1.82) is 0 Å². The topological polar surface area (TPSA) is 82.1 Å². The van der Waals surface area contributed by atoms with Crippen molar-refractivity contribution in [3.05, 3.63) is 35.9 Å². The van der Waals surface area contributed by atoms with E-state index in [-0.39, 0.29) is 30.5 Å². The van der Waals surface area contributed by atoms with Gasteiger partial charge in [0, 0.05) is 44.3 Å². The van der Waals surface area contributed by atoms with Crippen LogP contribution in [0.25, 0.3) is 0 Å². The van der Waals surface area contributed by atoms with Crippen molar-refractivity contribution >= 4 is 11.9 Å². The van der Waals surface area contributed by atoms with Crippen LogP contribution in [-0.4, -0.2) is 78.9 Å². The Hall–Kier alpha value is -2.12. The molecule has 0 radical (unpaired) electrons. The van der Waals surface area contributed by atoms with Crippen molar-refractivity contribution in [3.63, 3.8) is 0 Å². The summed E-state index contributed by atoms with van der Waals surface area (Å²) >= 11 is 0. The summed E-state index contributed by atoms with van der Waals surface area (Å²) in [7, 11) is 0. The van der Waals surface area contributed by atoms with Crippen LogP contribution in [0.2, 0.25) is 0 Å². The number of rotatable bonds is 4. The highest BCUT2D eigenvalue weighted by Crippen LogP contribution is 2.19. The fourth-order valence-electron chi connectivity index (χ4n) is 3.31. The zero-order chi connectivity index (χ0) is 17.6. The molecule has 2 fully saturated rings. The van der Waals surface area contributed by atoms with Crippen LogP contribution in [0.1, 0.15) is 16.8 Å². The first-order chi connectivity index (χ1) is 12.2. The Morgan fingerprint density at radius 1 is 1.24 bits per heavy atom. The minimum atomic E-state index is -0.179. The van der Waals surface area contributed by atoms with Gasteiger partial charge in [-0.25, -0.2) is 4.79 Å². The normalized spacial score (nSPS) is 23.6. The summed E-state index contributed by atoms with van der Waals surface area (Å²) in [5, 5.41) is 12.2. The SMILES string of the molecule is O=C(NC[C@H]1COCCN1C(=O)N1CCC(CO)C1)c1ccccc1. The molecule has 7 heteroatoms.